The maximum atomic E-state index is 5.46. The van der Waals surface area contributed by atoms with Crippen LogP contribution in [-0.2, 0) is 6.42 Å². The van der Waals surface area contributed by atoms with Crippen molar-refractivity contribution < 1.29 is 0 Å². The van der Waals surface area contributed by atoms with E-state index in [1.165, 1.54) is 50.5 Å². The zero-order valence-electron chi connectivity index (χ0n) is 10.6. The van der Waals surface area contributed by atoms with Gasteiger partial charge in [0, 0.05) is 10.9 Å². The van der Waals surface area contributed by atoms with E-state index in [1.54, 1.807) is 4.88 Å². The number of thiocarbonyl (C=S) groups is 1. The van der Waals surface area contributed by atoms with Crippen LogP contribution in [0.2, 0.25) is 0 Å². The molecule has 2 nitrogen and oxygen atoms in total. The lowest BCUT2D eigenvalue weighted by Gasteiger charge is -2.26. The lowest BCUT2D eigenvalue weighted by Crippen LogP contribution is -2.42. The molecule has 0 aromatic carbocycles. The van der Waals surface area contributed by atoms with E-state index in [-0.39, 0.29) is 0 Å². The van der Waals surface area contributed by atoms with Gasteiger partial charge in [-0.25, -0.2) is 0 Å². The summed E-state index contributed by atoms with van der Waals surface area (Å²) in [5.74, 6) is 0. The van der Waals surface area contributed by atoms with Crippen LogP contribution >= 0.6 is 23.6 Å². The first-order valence-electron chi connectivity index (χ1n) is 6.96. The molecule has 0 amide bonds. The Morgan fingerprint density at radius 1 is 1.17 bits per heavy atom. The lowest BCUT2D eigenvalue weighted by molar-refractivity contribution is 0.520. The van der Waals surface area contributed by atoms with Gasteiger partial charge in [0.05, 0.1) is 6.04 Å². The summed E-state index contributed by atoms with van der Waals surface area (Å²) in [5.41, 5.74) is 1.47. The van der Waals surface area contributed by atoms with Gasteiger partial charge in [0.2, 0.25) is 0 Å². The zero-order valence-corrected chi connectivity index (χ0v) is 12.2. The van der Waals surface area contributed by atoms with Crippen molar-refractivity contribution in [3.8, 4) is 0 Å². The van der Waals surface area contributed by atoms with E-state index in [9.17, 15) is 0 Å². The summed E-state index contributed by atoms with van der Waals surface area (Å²) < 4.78 is 0. The van der Waals surface area contributed by atoms with Crippen LogP contribution in [0.3, 0.4) is 0 Å². The molecule has 0 saturated heterocycles. The molecule has 4 heteroatoms. The number of nitrogens with one attached hydrogen (secondary N) is 2. The number of hydrogen-bond acceptors (Lipinski definition) is 2. The SMILES string of the molecule is S=C(NC1CCCC1)NC1CCCc2sccc21. The Hall–Kier alpha value is -0.610. The highest BCUT2D eigenvalue weighted by molar-refractivity contribution is 7.80. The fraction of sp³-hybridized carbons (Fsp3) is 0.643. The Morgan fingerprint density at radius 2 is 2.00 bits per heavy atom. The molecule has 0 bridgehead atoms. The molecule has 1 atom stereocenters. The predicted molar refractivity (Wildman–Crippen MR) is 81.1 cm³/mol. The fourth-order valence-electron chi connectivity index (χ4n) is 3.09. The highest BCUT2D eigenvalue weighted by atomic mass is 32.1. The van der Waals surface area contributed by atoms with Crippen LogP contribution in [0.5, 0.6) is 0 Å². The maximum Gasteiger partial charge on any atom is 0.166 e. The van der Waals surface area contributed by atoms with Gasteiger partial charge >= 0.3 is 0 Å². The Bertz CT molecular complexity index is 421. The van der Waals surface area contributed by atoms with Crippen molar-refractivity contribution in [2.45, 2.75) is 57.0 Å². The van der Waals surface area contributed by atoms with Gasteiger partial charge in [-0.15, -0.1) is 11.3 Å². The molecule has 0 aliphatic heterocycles. The van der Waals surface area contributed by atoms with Gasteiger partial charge in [-0.05, 0) is 61.3 Å². The minimum atomic E-state index is 0.432. The highest BCUT2D eigenvalue weighted by Crippen LogP contribution is 2.33. The molecule has 0 spiro atoms. The number of rotatable bonds is 2. The van der Waals surface area contributed by atoms with E-state index in [0.29, 0.717) is 12.1 Å². The second-order valence-electron chi connectivity index (χ2n) is 5.34. The Kier molecular flexibility index (Phi) is 3.85. The van der Waals surface area contributed by atoms with Gasteiger partial charge in [-0.3, -0.25) is 0 Å². The molecule has 2 aliphatic rings. The molecule has 1 fully saturated rings. The molecule has 3 rings (SSSR count). The minimum absolute atomic E-state index is 0.432. The van der Waals surface area contributed by atoms with Crippen molar-refractivity contribution in [1.29, 1.82) is 0 Å². The van der Waals surface area contributed by atoms with E-state index < -0.39 is 0 Å². The average Bonchev–Trinajstić information content (AvgIpc) is 2.99. The molecule has 98 valence electrons. The van der Waals surface area contributed by atoms with Gasteiger partial charge in [0.15, 0.2) is 5.11 Å². The van der Waals surface area contributed by atoms with E-state index in [1.807, 2.05) is 11.3 Å². The smallest absolute Gasteiger partial charge is 0.166 e. The van der Waals surface area contributed by atoms with Crippen molar-refractivity contribution in [2.75, 3.05) is 0 Å². The molecule has 0 radical (unpaired) electrons. The Balaban J connectivity index is 1.58. The predicted octanol–water partition coefficient (Wildman–Crippen LogP) is 3.53. The van der Waals surface area contributed by atoms with Crippen LogP contribution in [0, 0.1) is 0 Å². The second kappa shape index (κ2) is 5.57. The maximum absolute atomic E-state index is 5.46. The summed E-state index contributed by atoms with van der Waals surface area (Å²) in [5, 5.41) is 10.0. The quantitative estimate of drug-likeness (QED) is 0.810. The number of hydrogen-bond donors (Lipinski definition) is 2. The first-order chi connectivity index (χ1) is 8.83. The van der Waals surface area contributed by atoms with Crippen molar-refractivity contribution in [2.24, 2.45) is 0 Å². The molecule has 1 aromatic heterocycles. The topological polar surface area (TPSA) is 24.1 Å². The molecule has 1 heterocycles. The molecular formula is C14H20N2S2. The van der Waals surface area contributed by atoms with Crippen molar-refractivity contribution in [1.82, 2.24) is 10.6 Å². The molecule has 1 unspecified atom stereocenters. The van der Waals surface area contributed by atoms with Crippen molar-refractivity contribution >= 4 is 28.7 Å². The van der Waals surface area contributed by atoms with E-state index >= 15 is 0 Å². The van der Waals surface area contributed by atoms with Crippen LogP contribution in [0.15, 0.2) is 11.4 Å². The zero-order chi connectivity index (χ0) is 12.4. The van der Waals surface area contributed by atoms with Crippen LogP contribution < -0.4 is 10.6 Å². The van der Waals surface area contributed by atoms with E-state index in [2.05, 4.69) is 22.1 Å². The normalized spacial score (nSPS) is 23.7. The van der Waals surface area contributed by atoms with Gasteiger partial charge in [-0.1, -0.05) is 12.8 Å². The van der Waals surface area contributed by atoms with Crippen molar-refractivity contribution in [3.63, 3.8) is 0 Å². The molecule has 1 saturated carbocycles. The van der Waals surface area contributed by atoms with Crippen LogP contribution in [0.25, 0.3) is 0 Å². The molecule has 2 N–H and O–H groups in total. The summed E-state index contributed by atoms with van der Waals surface area (Å²) in [6, 6.07) is 3.30. The summed E-state index contributed by atoms with van der Waals surface area (Å²) >= 11 is 7.34. The lowest BCUT2D eigenvalue weighted by atomic mass is 9.94. The van der Waals surface area contributed by atoms with E-state index in [4.69, 9.17) is 12.2 Å². The fourth-order valence-corrected chi connectivity index (χ4v) is 4.39. The Labute approximate surface area is 118 Å². The first-order valence-corrected chi connectivity index (χ1v) is 8.25. The third kappa shape index (κ3) is 2.69. The van der Waals surface area contributed by atoms with Crippen molar-refractivity contribution in [3.05, 3.63) is 21.9 Å². The third-order valence-corrected chi connectivity index (χ3v) is 5.28. The summed E-state index contributed by atoms with van der Waals surface area (Å²) in [6.45, 7) is 0. The molecule has 2 aliphatic carbocycles. The average molecular weight is 280 g/mol. The largest absolute Gasteiger partial charge is 0.360 e. The third-order valence-electron chi connectivity index (χ3n) is 4.05. The standard InChI is InChI=1S/C14H20N2S2/c17-14(15-10-4-1-2-5-10)16-12-6-3-7-13-11(12)8-9-18-13/h8-10,12H,1-7H2,(H2,15,16,17). The number of aryl methyl sites for hydroxylation is 1. The number of fused-ring (bicyclic) bond motifs is 1. The van der Waals surface area contributed by atoms with Crippen LogP contribution in [0.1, 0.15) is 55.0 Å². The second-order valence-corrected chi connectivity index (χ2v) is 6.75. The molecule has 18 heavy (non-hydrogen) atoms. The van der Waals surface area contributed by atoms with Crippen LogP contribution in [0.4, 0.5) is 0 Å². The first kappa shape index (κ1) is 12.4. The summed E-state index contributed by atoms with van der Waals surface area (Å²) in [7, 11) is 0. The van der Waals surface area contributed by atoms with Crippen LogP contribution in [-0.4, -0.2) is 11.2 Å². The summed E-state index contributed by atoms with van der Waals surface area (Å²) in [6.07, 6.45) is 8.96. The monoisotopic (exact) mass is 280 g/mol. The van der Waals surface area contributed by atoms with Gasteiger partial charge < -0.3 is 10.6 Å². The number of thiophene rings is 1. The van der Waals surface area contributed by atoms with Gasteiger partial charge in [0.1, 0.15) is 0 Å². The Morgan fingerprint density at radius 3 is 2.83 bits per heavy atom. The van der Waals surface area contributed by atoms with E-state index in [0.717, 1.165) is 5.11 Å². The van der Waals surface area contributed by atoms with Gasteiger partial charge in [0.25, 0.3) is 0 Å². The molecule has 1 aromatic rings. The minimum Gasteiger partial charge on any atom is -0.360 e. The summed E-state index contributed by atoms with van der Waals surface area (Å²) in [4.78, 5) is 1.54. The van der Waals surface area contributed by atoms with Gasteiger partial charge in [-0.2, -0.15) is 0 Å². The molecular weight excluding hydrogens is 260 g/mol. The highest BCUT2D eigenvalue weighted by Gasteiger charge is 2.22.